The van der Waals surface area contributed by atoms with Crippen molar-refractivity contribution in [2.75, 3.05) is 0 Å². The molecule has 0 heterocycles. The van der Waals surface area contributed by atoms with Gasteiger partial charge in [-0.25, -0.2) is 0 Å². The van der Waals surface area contributed by atoms with Crippen LogP contribution in [0.3, 0.4) is 0 Å². The van der Waals surface area contributed by atoms with Crippen LogP contribution in [0.1, 0.15) is 26.2 Å². The van der Waals surface area contributed by atoms with Gasteiger partial charge in [0, 0.05) is 6.42 Å². The van der Waals surface area contributed by atoms with Crippen LogP contribution in [0.25, 0.3) is 0 Å². The van der Waals surface area contributed by atoms with Crippen LogP contribution in [0.5, 0.6) is 0 Å². The molecule has 2 aliphatic carbocycles. The Labute approximate surface area is 80.7 Å². The Kier molecular flexibility index (Phi) is 2.27. The second-order valence-electron chi connectivity index (χ2n) is 4.33. The van der Waals surface area contributed by atoms with Crippen LogP contribution >= 0.6 is 0 Å². The molecule has 68 valence electrons. The smallest absolute Gasteiger partial charge is 0.0126 e. The molecule has 0 heteroatoms. The normalized spacial score (nSPS) is 34.4. The minimum absolute atomic E-state index is 0.835. The maximum Gasteiger partial charge on any atom is 0.0126 e. The summed E-state index contributed by atoms with van der Waals surface area (Å²) >= 11 is 0. The summed E-state index contributed by atoms with van der Waals surface area (Å²) in [5, 5.41) is 0. The topological polar surface area (TPSA) is 0 Å². The molecule has 0 N–H and O–H groups in total. The maximum atomic E-state index is 3.78. The first-order valence-electron chi connectivity index (χ1n) is 5.08. The molecule has 0 spiro atoms. The van der Waals surface area contributed by atoms with Crippen LogP contribution in [-0.2, 0) is 0 Å². The van der Waals surface area contributed by atoms with E-state index in [9.17, 15) is 0 Å². The molecule has 0 aromatic heterocycles. The standard InChI is InChI=1S/C13H16/c1-10(2)4-3-5-12-8-11-6-7-13(12)9-11/h6-7,11-13H,1,5,8-9H2,2H3/t11-,12-,13-/m0/s1. The van der Waals surface area contributed by atoms with E-state index in [-0.39, 0.29) is 0 Å². The number of allylic oxidation sites excluding steroid dienone is 3. The first-order chi connectivity index (χ1) is 6.25. The van der Waals surface area contributed by atoms with Gasteiger partial charge in [-0.15, -0.1) is 0 Å². The molecule has 0 aromatic rings. The fourth-order valence-corrected chi connectivity index (χ4v) is 2.46. The molecule has 2 aliphatic rings. The molecule has 1 fully saturated rings. The van der Waals surface area contributed by atoms with Crippen molar-refractivity contribution in [2.24, 2.45) is 17.8 Å². The summed E-state index contributed by atoms with van der Waals surface area (Å²) < 4.78 is 0. The summed E-state index contributed by atoms with van der Waals surface area (Å²) in [4.78, 5) is 0. The van der Waals surface area contributed by atoms with Gasteiger partial charge in [-0.2, -0.15) is 0 Å². The van der Waals surface area contributed by atoms with Crippen LogP contribution in [0.2, 0.25) is 0 Å². The third kappa shape index (κ3) is 1.86. The highest BCUT2D eigenvalue weighted by atomic mass is 14.4. The van der Waals surface area contributed by atoms with E-state index in [4.69, 9.17) is 0 Å². The zero-order valence-electron chi connectivity index (χ0n) is 8.22. The van der Waals surface area contributed by atoms with E-state index in [0.717, 1.165) is 29.7 Å². The zero-order chi connectivity index (χ0) is 9.26. The summed E-state index contributed by atoms with van der Waals surface area (Å²) in [6, 6.07) is 0. The Morgan fingerprint density at radius 3 is 2.85 bits per heavy atom. The molecule has 1 saturated carbocycles. The van der Waals surface area contributed by atoms with Crippen LogP contribution in [0.15, 0.2) is 24.3 Å². The molecule has 2 rings (SSSR count). The average Bonchev–Trinajstić information content (AvgIpc) is 2.64. The SMILES string of the molecule is C=C(C)C#CC[C@H]1C[C@@H]2C=C[C@H]1C2. The van der Waals surface area contributed by atoms with Crippen molar-refractivity contribution in [1.82, 2.24) is 0 Å². The van der Waals surface area contributed by atoms with Gasteiger partial charge >= 0.3 is 0 Å². The summed E-state index contributed by atoms with van der Waals surface area (Å²) in [5.41, 5.74) is 0.985. The van der Waals surface area contributed by atoms with Crippen LogP contribution in [-0.4, -0.2) is 0 Å². The molecular weight excluding hydrogens is 156 g/mol. The number of rotatable bonds is 1. The largest absolute Gasteiger partial charge is 0.0980 e. The first kappa shape index (κ1) is 8.63. The molecule has 3 atom stereocenters. The lowest BCUT2D eigenvalue weighted by molar-refractivity contribution is 0.460. The Bertz CT molecular complexity index is 298. The van der Waals surface area contributed by atoms with Gasteiger partial charge in [0.2, 0.25) is 0 Å². The maximum absolute atomic E-state index is 3.78. The molecule has 0 radical (unpaired) electrons. The molecule has 0 nitrogen and oxygen atoms in total. The Morgan fingerprint density at radius 2 is 2.31 bits per heavy atom. The van der Waals surface area contributed by atoms with Crippen molar-refractivity contribution in [3.63, 3.8) is 0 Å². The molecule has 0 saturated heterocycles. The molecule has 0 unspecified atom stereocenters. The first-order valence-corrected chi connectivity index (χ1v) is 5.08. The summed E-state index contributed by atoms with van der Waals surface area (Å²) in [6.45, 7) is 5.75. The van der Waals surface area contributed by atoms with Gasteiger partial charge in [-0.1, -0.05) is 30.6 Å². The van der Waals surface area contributed by atoms with Gasteiger partial charge in [0.15, 0.2) is 0 Å². The lowest BCUT2D eigenvalue weighted by atomic mass is 9.91. The highest BCUT2D eigenvalue weighted by Gasteiger charge is 2.34. The molecule has 0 aromatic carbocycles. The molecule has 0 amide bonds. The predicted octanol–water partition coefficient (Wildman–Crippen LogP) is 3.17. The van der Waals surface area contributed by atoms with Gasteiger partial charge < -0.3 is 0 Å². The number of hydrogen-bond donors (Lipinski definition) is 0. The van der Waals surface area contributed by atoms with E-state index in [1.165, 1.54) is 12.8 Å². The molecule has 0 aliphatic heterocycles. The summed E-state index contributed by atoms with van der Waals surface area (Å²) in [6.07, 6.45) is 8.60. The summed E-state index contributed by atoms with van der Waals surface area (Å²) in [5.74, 6) is 8.84. The van der Waals surface area contributed by atoms with E-state index in [2.05, 4.69) is 30.6 Å². The van der Waals surface area contributed by atoms with Crippen LogP contribution < -0.4 is 0 Å². The fraction of sp³-hybridized carbons (Fsp3) is 0.538. The lowest BCUT2D eigenvalue weighted by Gasteiger charge is -2.14. The van der Waals surface area contributed by atoms with Crippen LogP contribution in [0, 0.1) is 29.6 Å². The van der Waals surface area contributed by atoms with E-state index in [0.29, 0.717) is 0 Å². The van der Waals surface area contributed by atoms with Gasteiger partial charge in [0.1, 0.15) is 0 Å². The second kappa shape index (κ2) is 3.42. The van der Waals surface area contributed by atoms with Gasteiger partial charge in [0.25, 0.3) is 0 Å². The second-order valence-corrected chi connectivity index (χ2v) is 4.33. The van der Waals surface area contributed by atoms with E-state index >= 15 is 0 Å². The quantitative estimate of drug-likeness (QED) is 0.421. The van der Waals surface area contributed by atoms with Crippen molar-refractivity contribution in [3.8, 4) is 11.8 Å². The zero-order valence-corrected chi connectivity index (χ0v) is 8.22. The predicted molar refractivity (Wildman–Crippen MR) is 56.1 cm³/mol. The van der Waals surface area contributed by atoms with Crippen LogP contribution in [0.4, 0.5) is 0 Å². The average molecular weight is 172 g/mol. The van der Waals surface area contributed by atoms with Crippen molar-refractivity contribution < 1.29 is 0 Å². The van der Waals surface area contributed by atoms with E-state index in [1.807, 2.05) is 6.92 Å². The number of hydrogen-bond acceptors (Lipinski definition) is 0. The van der Waals surface area contributed by atoms with Crippen molar-refractivity contribution in [2.45, 2.75) is 26.2 Å². The lowest BCUT2D eigenvalue weighted by Crippen LogP contribution is -2.05. The van der Waals surface area contributed by atoms with Crippen molar-refractivity contribution in [1.29, 1.82) is 0 Å². The van der Waals surface area contributed by atoms with Crippen molar-refractivity contribution >= 4 is 0 Å². The molecule has 2 bridgehead atoms. The molecule has 13 heavy (non-hydrogen) atoms. The minimum Gasteiger partial charge on any atom is -0.0980 e. The molecular formula is C13H16. The number of fused-ring (bicyclic) bond motifs is 2. The minimum atomic E-state index is 0.835. The van der Waals surface area contributed by atoms with Crippen molar-refractivity contribution in [3.05, 3.63) is 24.3 Å². The Morgan fingerprint density at radius 1 is 1.46 bits per heavy atom. The summed E-state index contributed by atoms with van der Waals surface area (Å²) in [7, 11) is 0. The monoisotopic (exact) mass is 172 g/mol. The van der Waals surface area contributed by atoms with Gasteiger partial charge in [-0.3, -0.25) is 0 Å². The Hall–Kier alpha value is -0.960. The van der Waals surface area contributed by atoms with Gasteiger partial charge in [0.05, 0.1) is 0 Å². The Balaban J connectivity index is 1.88. The third-order valence-electron chi connectivity index (χ3n) is 3.08. The fourth-order valence-electron chi connectivity index (χ4n) is 2.46. The highest BCUT2D eigenvalue weighted by molar-refractivity contribution is 5.24. The van der Waals surface area contributed by atoms with E-state index in [1.54, 1.807) is 0 Å². The third-order valence-corrected chi connectivity index (χ3v) is 3.08. The van der Waals surface area contributed by atoms with E-state index < -0.39 is 0 Å². The van der Waals surface area contributed by atoms with Gasteiger partial charge in [-0.05, 0) is 43.1 Å². The highest BCUT2D eigenvalue weighted by Crippen LogP contribution is 2.44.